The minimum Gasteiger partial charge on any atom is -0.462 e. The zero-order valence-corrected chi connectivity index (χ0v) is 49.5. The van der Waals surface area contributed by atoms with Gasteiger partial charge in [-0.15, -0.1) is 0 Å². The average molecular weight is 1050 g/mol. The molecular formula is C70H116O6. The highest BCUT2D eigenvalue weighted by molar-refractivity contribution is 5.71. The molecule has 0 heterocycles. The lowest BCUT2D eigenvalue weighted by molar-refractivity contribution is -0.167. The Morgan fingerprint density at radius 1 is 0.276 bits per heavy atom. The van der Waals surface area contributed by atoms with Gasteiger partial charge in [-0.3, -0.25) is 14.4 Å². The van der Waals surface area contributed by atoms with E-state index >= 15 is 0 Å². The Bertz CT molecular complexity index is 1590. The lowest BCUT2D eigenvalue weighted by atomic mass is 10.0. The number of ether oxygens (including phenoxy) is 3. The third kappa shape index (κ3) is 60.7. The van der Waals surface area contributed by atoms with Crippen LogP contribution in [0, 0.1) is 0 Å². The highest BCUT2D eigenvalue weighted by Crippen LogP contribution is 2.16. The van der Waals surface area contributed by atoms with Crippen LogP contribution >= 0.6 is 0 Å². The zero-order chi connectivity index (χ0) is 55.0. The molecule has 0 fully saturated rings. The van der Waals surface area contributed by atoms with Crippen LogP contribution in [0.15, 0.2) is 122 Å². The van der Waals surface area contributed by atoms with Crippen LogP contribution in [0.5, 0.6) is 0 Å². The van der Waals surface area contributed by atoms with Crippen LogP contribution < -0.4 is 0 Å². The summed E-state index contributed by atoms with van der Waals surface area (Å²) in [5, 5.41) is 0. The van der Waals surface area contributed by atoms with E-state index in [-0.39, 0.29) is 31.1 Å². The van der Waals surface area contributed by atoms with Crippen molar-refractivity contribution < 1.29 is 28.6 Å². The summed E-state index contributed by atoms with van der Waals surface area (Å²) in [6.45, 7) is 6.35. The number of rotatable bonds is 56. The van der Waals surface area contributed by atoms with Crippen molar-refractivity contribution in [2.45, 2.75) is 290 Å². The monoisotopic (exact) mass is 1050 g/mol. The van der Waals surface area contributed by atoms with Crippen LogP contribution in [0.1, 0.15) is 284 Å². The summed E-state index contributed by atoms with van der Waals surface area (Å²) in [4.78, 5) is 38.3. The molecule has 0 saturated heterocycles. The normalized spacial score (nSPS) is 12.9. The molecule has 0 aromatic rings. The molecule has 76 heavy (non-hydrogen) atoms. The minimum atomic E-state index is -0.800. The third-order valence-electron chi connectivity index (χ3n) is 13.2. The Hall–Kier alpha value is -4.19. The van der Waals surface area contributed by atoms with Gasteiger partial charge in [0.15, 0.2) is 6.10 Å². The fraction of sp³-hybridized carbons (Fsp3) is 0.671. The van der Waals surface area contributed by atoms with Gasteiger partial charge in [0.1, 0.15) is 13.2 Å². The number of carbonyl (C=O) groups is 3. The summed E-state index contributed by atoms with van der Waals surface area (Å²) in [6, 6.07) is 0. The predicted molar refractivity (Wildman–Crippen MR) is 330 cm³/mol. The van der Waals surface area contributed by atoms with Crippen molar-refractivity contribution in [3.05, 3.63) is 122 Å². The third-order valence-corrected chi connectivity index (χ3v) is 13.2. The minimum absolute atomic E-state index is 0.0943. The van der Waals surface area contributed by atoms with E-state index in [1.54, 1.807) is 0 Å². The molecule has 0 aromatic carbocycles. The van der Waals surface area contributed by atoms with E-state index in [1.807, 2.05) is 0 Å². The Balaban J connectivity index is 4.33. The van der Waals surface area contributed by atoms with Gasteiger partial charge in [0.2, 0.25) is 0 Å². The summed E-state index contributed by atoms with van der Waals surface area (Å²) in [7, 11) is 0. The van der Waals surface area contributed by atoms with Crippen LogP contribution in [0.4, 0.5) is 0 Å². The summed E-state index contributed by atoms with van der Waals surface area (Å²) in [6.07, 6.45) is 87.7. The number of esters is 3. The Labute approximate surface area is 469 Å². The molecule has 1 unspecified atom stereocenters. The van der Waals surface area contributed by atoms with Crippen molar-refractivity contribution in [3.8, 4) is 0 Å². The number of hydrogen-bond donors (Lipinski definition) is 0. The molecule has 6 nitrogen and oxygen atoms in total. The fourth-order valence-electron chi connectivity index (χ4n) is 8.50. The van der Waals surface area contributed by atoms with E-state index in [2.05, 4.69) is 142 Å². The lowest BCUT2D eigenvalue weighted by Gasteiger charge is -2.18. The van der Waals surface area contributed by atoms with Gasteiger partial charge >= 0.3 is 17.9 Å². The maximum Gasteiger partial charge on any atom is 0.306 e. The Morgan fingerprint density at radius 2 is 0.513 bits per heavy atom. The molecule has 0 aromatic heterocycles. The van der Waals surface area contributed by atoms with Gasteiger partial charge in [-0.2, -0.15) is 0 Å². The first-order valence-corrected chi connectivity index (χ1v) is 31.5. The van der Waals surface area contributed by atoms with Crippen LogP contribution in [0.25, 0.3) is 0 Å². The van der Waals surface area contributed by atoms with Gasteiger partial charge in [0.25, 0.3) is 0 Å². The van der Waals surface area contributed by atoms with E-state index < -0.39 is 6.10 Å². The summed E-state index contributed by atoms with van der Waals surface area (Å²) < 4.78 is 16.9. The highest BCUT2D eigenvalue weighted by atomic mass is 16.6. The van der Waals surface area contributed by atoms with Gasteiger partial charge in [0, 0.05) is 19.3 Å². The van der Waals surface area contributed by atoms with Gasteiger partial charge < -0.3 is 14.2 Å². The topological polar surface area (TPSA) is 78.9 Å². The molecule has 6 heteroatoms. The molecule has 0 amide bonds. The second-order valence-electron chi connectivity index (χ2n) is 20.5. The van der Waals surface area contributed by atoms with Crippen molar-refractivity contribution in [2.75, 3.05) is 13.2 Å². The summed E-state index contributed by atoms with van der Waals surface area (Å²) in [5.74, 6) is -0.929. The molecule has 0 aliphatic heterocycles. The second-order valence-corrected chi connectivity index (χ2v) is 20.5. The molecule has 1 atom stereocenters. The smallest absolute Gasteiger partial charge is 0.306 e. The second kappa shape index (κ2) is 63.3. The molecule has 0 aliphatic rings. The maximum atomic E-state index is 12.9. The largest absolute Gasteiger partial charge is 0.462 e. The van der Waals surface area contributed by atoms with E-state index in [0.717, 1.165) is 148 Å². The Morgan fingerprint density at radius 3 is 0.803 bits per heavy atom. The molecule has 0 radical (unpaired) electrons. The first-order valence-electron chi connectivity index (χ1n) is 31.5. The zero-order valence-electron chi connectivity index (χ0n) is 49.5. The molecule has 0 saturated carbocycles. The van der Waals surface area contributed by atoms with Crippen LogP contribution in [0.3, 0.4) is 0 Å². The van der Waals surface area contributed by atoms with E-state index in [0.29, 0.717) is 19.3 Å². The van der Waals surface area contributed by atoms with Crippen molar-refractivity contribution in [2.24, 2.45) is 0 Å². The van der Waals surface area contributed by atoms with Gasteiger partial charge in [-0.25, -0.2) is 0 Å². The van der Waals surface area contributed by atoms with Crippen molar-refractivity contribution >= 4 is 17.9 Å². The number of allylic oxidation sites excluding steroid dienone is 20. The number of unbranched alkanes of at least 4 members (excludes halogenated alkanes) is 25. The van der Waals surface area contributed by atoms with E-state index in [4.69, 9.17) is 14.2 Å². The van der Waals surface area contributed by atoms with Crippen molar-refractivity contribution in [3.63, 3.8) is 0 Å². The first-order chi connectivity index (χ1) is 37.5. The summed E-state index contributed by atoms with van der Waals surface area (Å²) in [5.41, 5.74) is 0. The van der Waals surface area contributed by atoms with E-state index in [9.17, 15) is 14.4 Å². The standard InChI is InChI=1S/C70H116O6/c1-4-7-10-13-16-19-22-25-28-30-31-32-33-34-35-36-37-38-39-41-42-45-48-51-54-57-60-63-69(72)75-66-67(65-74-68(71)62-59-56-53-50-47-44-27-24-21-18-15-12-9-6-3)76-70(73)64-61-58-55-52-49-46-43-40-29-26-23-20-17-14-11-8-5-2/h7-8,10-11,15-20,24-29,31-32,43,46,67H,4-6,9,12-14,21-23,30,33-42,44-45,47-66H2,1-3H3/b10-7-,11-8-,18-15-,19-16-,20-17-,27-24-,28-25-,29-26-,32-31-,46-43-. The number of carbonyl (C=O) groups excluding carboxylic acids is 3. The average Bonchev–Trinajstić information content (AvgIpc) is 3.42. The fourth-order valence-corrected chi connectivity index (χ4v) is 8.50. The molecule has 0 aliphatic carbocycles. The van der Waals surface area contributed by atoms with E-state index in [1.165, 1.54) is 96.3 Å². The van der Waals surface area contributed by atoms with Crippen LogP contribution in [0.2, 0.25) is 0 Å². The van der Waals surface area contributed by atoms with Crippen molar-refractivity contribution in [1.29, 1.82) is 0 Å². The highest BCUT2D eigenvalue weighted by Gasteiger charge is 2.19. The molecule has 0 N–H and O–H groups in total. The number of hydrogen-bond acceptors (Lipinski definition) is 6. The molecular weight excluding hydrogens is 937 g/mol. The van der Waals surface area contributed by atoms with Crippen LogP contribution in [-0.2, 0) is 28.6 Å². The Kier molecular flexibility index (Phi) is 59.9. The van der Waals surface area contributed by atoms with Gasteiger partial charge in [-0.05, 0) is 122 Å². The first kappa shape index (κ1) is 71.8. The molecule has 432 valence electrons. The lowest BCUT2D eigenvalue weighted by Crippen LogP contribution is -2.30. The molecule has 0 spiro atoms. The maximum absolute atomic E-state index is 12.9. The predicted octanol–water partition coefficient (Wildman–Crippen LogP) is 21.6. The van der Waals surface area contributed by atoms with Gasteiger partial charge in [0.05, 0.1) is 0 Å². The van der Waals surface area contributed by atoms with Crippen LogP contribution in [-0.4, -0.2) is 37.2 Å². The SMILES string of the molecule is CC/C=C\C/C=C\C/C=C\C/C=C\CCCCCCCCCCCCCCCCC(=O)OCC(COC(=O)CCCCCCC/C=C\C/C=C\CCCC)OC(=O)CCCCCC/C=C\C/C=C\C/C=C\C/C=C\CC. The molecule has 0 bridgehead atoms. The quantitative estimate of drug-likeness (QED) is 0.0261. The van der Waals surface area contributed by atoms with Crippen molar-refractivity contribution in [1.82, 2.24) is 0 Å². The molecule has 0 rings (SSSR count). The van der Waals surface area contributed by atoms with Gasteiger partial charge in [-0.1, -0.05) is 264 Å². The summed E-state index contributed by atoms with van der Waals surface area (Å²) >= 11 is 0.